The standard InChI is InChI=1S/C11H13BrClN3O/c1-3-16-11(2,14-10(12)15-16)17-9-6-4-5-8(13)7-9/h4-7H,3H2,1-2H3,(H,14,15). The number of hydrogen-bond acceptors (Lipinski definition) is 4. The smallest absolute Gasteiger partial charge is 0.275 e. The third-order valence-corrected chi connectivity index (χ3v) is 3.04. The molecule has 0 aromatic heterocycles. The molecule has 0 fully saturated rings. The van der Waals surface area contributed by atoms with E-state index in [2.05, 4.69) is 26.3 Å². The van der Waals surface area contributed by atoms with Crippen LogP contribution < -0.4 is 10.1 Å². The van der Waals surface area contributed by atoms with Crippen molar-refractivity contribution < 1.29 is 4.74 Å². The Labute approximate surface area is 114 Å². The second kappa shape index (κ2) is 4.74. The number of hydrazone groups is 1. The fourth-order valence-corrected chi connectivity index (χ4v) is 2.43. The highest BCUT2D eigenvalue weighted by molar-refractivity contribution is 9.18. The second-order valence-electron chi connectivity index (χ2n) is 3.77. The van der Waals surface area contributed by atoms with E-state index in [0.29, 0.717) is 15.5 Å². The van der Waals surface area contributed by atoms with Crippen molar-refractivity contribution in [2.24, 2.45) is 5.10 Å². The Hall–Kier alpha value is -0.940. The van der Waals surface area contributed by atoms with Gasteiger partial charge in [0, 0.05) is 18.5 Å². The molecule has 0 aliphatic carbocycles. The molecule has 1 aromatic rings. The Bertz CT molecular complexity index is 454. The molecular weight excluding hydrogens is 305 g/mol. The molecule has 1 heterocycles. The van der Waals surface area contributed by atoms with Gasteiger partial charge in [0.15, 0.2) is 4.74 Å². The van der Waals surface area contributed by atoms with E-state index in [-0.39, 0.29) is 0 Å². The van der Waals surface area contributed by atoms with Crippen LogP contribution in [0.1, 0.15) is 13.8 Å². The van der Waals surface area contributed by atoms with Crippen LogP contribution in [0, 0.1) is 0 Å². The molecule has 0 bridgehead atoms. The van der Waals surface area contributed by atoms with Crippen molar-refractivity contribution in [2.75, 3.05) is 6.54 Å². The number of ether oxygens (including phenoxy) is 1. The molecule has 0 saturated heterocycles. The topological polar surface area (TPSA) is 36.9 Å². The monoisotopic (exact) mass is 317 g/mol. The average molecular weight is 319 g/mol. The molecule has 6 heteroatoms. The summed E-state index contributed by atoms with van der Waals surface area (Å²) in [6.07, 6.45) is 0. The van der Waals surface area contributed by atoms with E-state index in [1.54, 1.807) is 6.07 Å². The highest BCUT2D eigenvalue weighted by Crippen LogP contribution is 2.26. The summed E-state index contributed by atoms with van der Waals surface area (Å²) in [5, 5.41) is 9.87. The van der Waals surface area contributed by atoms with Gasteiger partial charge in [-0.15, -0.1) is 5.10 Å². The lowest BCUT2D eigenvalue weighted by Crippen LogP contribution is -2.54. The van der Waals surface area contributed by atoms with E-state index in [1.165, 1.54) is 0 Å². The van der Waals surface area contributed by atoms with Crippen LogP contribution in [0.2, 0.25) is 5.02 Å². The number of nitrogens with one attached hydrogen (secondary N) is 1. The zero-order chi connectivity index (χ0) is 12.5. The summed E-state index contributed by atoms with van der Waals surface area (Å²) in [4.78, 5) is 0. The van der Waals surface area contributed by atoms with Crippen molar-refractivity contribution in [3.8, 4) is 5.75 Å². The van der Waals surface area contributed by atoms with Crippen molar-refractivity contribution in [3.63, 3.8) is 0 Å². The van der Waals surface area contributed by atoms with E-state index in [4.69, 9.17) is 16.3 Å². The van der Waals surface area contributed by atoms with E-state index in [9.17, 15) is 0 Å². The first-order chi connectivity index (χ1) is 8.03. The number of benzene rings is 1. The van der Waals surface area contributed by atoms with Gasteiger partial charge in [0.2, 0.25) is 0 Å². The minimum absolute atomic E-state index is 0.645. The normalized spacial score (nSPS) is 23.3. The van der Waals surface area contributed by atoms with Crippen molar-refractivity contribution >= 4 is 32.3 Å². The maximum Gasteiger partial charge on any atom is 0.275 e. The number of amidine groups is 1. The maximum atomic E-state index is 5.92. The van der Waals surface area contributed by atoms with Gasteiger partial charge in [0.25, 0.3) is 5.85 Å². The lowest BCUT2D eigenvalue weighted by molar-refractivity contribution is -0.0650. The minimum Gasteiger partial charge on any atom is -0.449 e. The van der Waals surface area contributed by atoms with Crippen molar-refractivity contribution in [2.45, 2.75) is 19.7 Å². The van der Waals surface area contributed by atoms with Crippen LogP contribution in [0.5, 0.6) is 5.75 Å². The molecule has 1 N–H and O–H groups in total. The summed E-state index contributed by atoms with van der Waals surface area (Å²) in [7, 11) is 0. The summed E-state index contributed by atoms with van der Waals surface area (Å²) in [6.45, 7) is 4.66. The summed E-state index contributed by atoms with van der Waals surface area (Å²) >= 11 is 9.24. The van der Waals surface area contributed by atoms with Gasteiger partial charge >= 0.3 is 0 Å². The zero-order valence-electron chi connectivity index (χ0n) is 9.58. The largest absolute Gasteiger partial charge is 0.449 e. The first kappa shape index (κ1) is 12.5. The van der Waals surface area contributed by atoms with Crippen LogP contribution >= 0.6 is 27.5 Å². The molecular formula is C11H13BrClN3O. The Morgan fingerprint density at radius 3 is 3.00 bits per heavy atom. The Balaban J connectivity index is 2.18. The SMILES string of the molecule is CCN1N=C(Br)NC1(C)Oc1cccc(Cl)c1. The summed E-state index contributed by atoms with van der Waals surface area (Å²) in [5.74, 6) is 0.00138. The average Bonchev–Trinajstić information content (AvgIpc) is 2.52. The van der Waals surface area contributed by atoms with Gasteiger partial charge in [-0.3, -0.25) is 0 Å². The highest BCUT2D eigenvalue weighted by atomic mass is 79.9. The fraction of sp³-hybridized carbons (Fsp3) is 0.364. The van der Waals surface area contributed by atoms with E-state index in [0.717, 1.165) is 6.54 Å². The Kier molecular flexibility index (Phi) is 3.49. The molecule has 1 aliphatic rings. The fourth-order valence-electron chi connectivity index (χ4n) is 1.69. The highest BCUT2D eigenvalue weighted by Gasteiger charge is 2.38. The maximum absolute atomic E-state index is 5.92. The van der Waals surface area contributed by atoms with Crippen LogP contribution in [0.3, 0.4) is 0 Å². The van der Waals surface area contributed by atoms with Gasteiger partial charge in [0.1, 0.15) is 5.75 Å². The van der Waals surface area contributed by atoms with Gasteiger partial charge in [0.05, 0.1) is 0 Å². The van der Waals surface area contributed by atoms with Crippen molar-refractivity contribution in [1.82, 2.24) is 10.3 Å². The lowest BCUT2D eigenvalue weighted by Gasteiger charge is -2.33. The van der Waals surface area contributed by atoms with Gasteiger partial charge in [-0.25, -0.2) is 5.01 Å². The van der Waals surface area contributed by atoms with Crippen LogP contribution in [0.15, 0.2) is 29.4 Å². The molecule has 2 rings (SSSR count). The third-order valence-electron chi connectivity index (χ3n) is 2.45. The van der Waals surface area contributed by atoms with E-state index < -0.39 is 5.85 Å². The molecule has 1 unspecified atom stereocenters. The molecule has 0 radical (unpaired) electrons. The number of halogens is 2. The predicted molar refractivity (Wildman–Crippen MR) is 72.4 cm³/mol. The summed E-state index contributed by atoms with van der Waals surface area (Å²) in [6, 6.07) is 7.29. The van der Waals surface area contributed by atoms with Crippen LogP contribution in [-0.4, -0.2) is 22.1 Å². The van der Waals surface area contributed by atoms with Crippen molar-refractivity contribution in [1.29, 1.82) is 0 Å². The molecule has 0 spiro atoms. The zero-order valence-corrected chi connectivity index (χ0v) is 11.9. The predicted octanol–water partition coefficient (Wildman–Crippen LogP) is 2.98. The molecule has 17 heavy (non-hydrogen) atoms. The van der Waals surface area contributed by atoms with Crippen LogP contribution in [-0.2, 0) is 0 Å². The molecule has 1 aromatic carbocycles. The van der Waals surface area contributed by atoms with Gasteiger partial charge in [-0.05, 0) is 41.1 Å². The number of rotatable bonds is 3. The quantitative estimate of drug-likeness (QED) is 0.871. The summed E-state index contributed by atoms with van der Waals surface area (Å²) in [5.41, 5.74) is 0. The van der Waals surface area contributed by atoms with E-state index in [1.807, 2.05) is 37.1 Å². The first-order valence-corrected chi connectivity index (χ1v) is 6.45. The first-order valence-electron chi connectivity index (χ1n) is 5.28. The van der Waals surface area contributed by atoms with Crippen LogP contribution in [0.4, 0.5) is 0 Å². The summed E-state index contributed by atoms with van der Waals surface area (Å²) < 4.78 is 6.56. The Morgan fingerprint density at radius 2 is 2.35 bits per heavy atom. The molecule has 4 nitrogen and oxygen atoms in total. The minimum atomic E-state index is -0.696. The number of hydrogen-bond donors (Lipinski definition) is 1. The van der Waals surface area contributed by atoms with Crippen molar-refractivity contribution in [3.05, 3.63) is 29.3 Å². The van der Waals surface area contributed by atoms with Gasteiger partial charge in [-0.2, -0.15) is 0 Å². The molecule has 0 saturated carbocycles. The third kappa shape index (κ3) is 2.66. The number of nitrogens with zero attached hydrogens (tertiary/aromatic N) is 2. The molecule has 1 aliphatic heterocycles. The Morgan fingerprint density at radius 1 is 1.59 bits per heavy atom. The second-order valence-corrected chi connectivity index (χ2v) is 4.96. The van der Waals surface area contributed by atoms with Gasteiger partial charge < -0.3 is 10.1 Å². The molecule has 92 valence electrons. The molecule has 0 amide bonds. The van der Waals surface area contributed by atoms with E-state index >= 15 is 0 Å². The molecule has 1 atom stereocenters. The van der Waals surface area contributed by atoms with Crippen LogP contribution in [0.25, 0.3) is 0 Å². The van der Waals surface area contributed by atoms with Gasteiger partial charge in [-0.1, -0.05) is 17.7 Å². The lowest BCUT2D eigenvalue weighted by atomic mass is 10.3.